The van der Waals surface area contributed by atoms with Crippen molar-refractivity contribution >= 4 is 17.4 Å². The van der Waals surface area contributed by atoms with E-state index in [9.17, 15) is 9.18 Å². The molecule has 1 rings (SSSR count). The molecule has 0 radical (unpaired) electrons. The Morgan fingerprint density at radius 1 is 1.53 bits per heavy atom. The summed E-state index contributed by atoms with van der Waals surface area (Å²) in [5.74, 6) is -0.671. The number of carbonyl (C=O) groups excluding carboxylic acids is 1. The molecule has 17 heavy (non-hydrogen) atoms. The van der Waals surface area contributed by atoms with Gasteiger partial charge in [0.15, 0.2) is 0 Å². The van der Waals surface area contributed by atoms with Gasteiger partial charge >= 0.3 is 0 Å². The van der Waals surface area contributed by atoms with Crippen molar-refractivity contribution in [3.63, 3.8) is 0 Å². The van der Waals surface area contributed by atoms with Gasteiger partial charge in [0.05, 0.1) is 0 Å². The molecule has 0 saturated carbocycles. The highest BCUT2D eigenvalue weighted by Gasteiger charge is 2.19. The molecule has 0 aromatic heterocycles. The van der Waals surface area contributed by atoms with Crippen molar-refractivity contribution in [3.05, 3.63) is 34.6 Å². The number of ketones is 1. The van der Waals surface area contributed by atoms with Crippen molar-refractivity contribution in [2.45, 2.75) is 26.2 Å². The molecule has 1 unspecified atom stereocenters. The molecule has 0 aliphatic rings. The van der Waals surface area contributed by atoms with Gasteiger partial charge in [0.2, 0.25) is 0 Å². The molecule has 0 saturated heterocycles. The smallest absolute Gasteiger partial charge is 0.141 e. The maximum atomic E-state index is 13.5. The Bertz CT molecular complexity index is 375. The van der Waals surface area contributed by atoms with Crippen LogP contribution in [0.2, 0.25) is 5.02 Å². The summed E-state index contributed by atoms with van der Waals surface area (Å²) in [6.45, 7) is 2.30. The van der Waals surface area contributed by atoms with Crippen LogP contribution >= 0.6 is 11.6 Å². The van der Waals surface area contributed by atoms with Crippen LogP contribution in [0.25, 0.3) is 0 Å². The Kier molecular flexibility index (Phi) is 5.59. The van der Waals surface area contributed by atoms with Gasteiger partial charge in [-0.2, -0.15) is 0 Å². The number of nitrogens with two attached hydrogens (primary N) is 1. The number of halogens is 2. The molecule has 0 bridgehead atoms. The highest BCUT2D eigenvalue weighted by molar-refractivity contribution is 6.31. The molecule has 0 aliphatic carbocycles. The van der Waals surface area contributed by atoms with Crippen LogP contribution in [0.1, 0.15) is 25.3 Å². The molecule has 0 heterocycles. The summed E-state index contributed by atoms with van der Waals surface area (Å²) in [5, 5.41) is 0.297. The van der Waals surface area contributed by atoms with Crippen LogP contribution in [0.15, 0.2) is 18.2 Å². The summed E-state index contributed by atoms with van der Waals surface area (Å²) < 4.78 is 13.5. The Balaban J connectivity index is 2.80. The van der Waals surface area contributed by atoms with Crippen LogP contribution in [-0.2, 0) is 11.2 Å². The van der Waals surface area contributed by atoms with Gasteiger partial charge < -0.3 is 5.73 Å². The normalized spacial score (nSPS) is 12.5. The van der Waals surface area contributed by atoms with E-state index in [1.807, 2.05) is 6.92 Å². The average molecular weight is 258 g/mol. The highest BCUT2D eigenvalue weighted by atomic mass is 35.5. The van der Waals surface area contributed by atoms with Crippen molar-refractivity contribution in [2.24, 2.45) is 11.7 Å². The van der Waals surface area contributed by atoms with Gasteiger partial charge in [-0.05, 0) is 18.6 Å². The minimum Gasteiger partial charge on any atom is -0.330 e. The zero-order valence-electron chi connectivity index (χ0n) is 9.88. The minimum atomic E-state index is -0.432. The molecule has 1 aromatic rings. The van der Waals surface area contributed by atoms with Crippen molar-refractivity contribution < 1.29 is 9.18 Å². The summed E-state index contributed by atoms with van der Waals surface area (Å²) in [6.07, 6.45) is 1.65. The first-order valence-electron chi connectivity index (χ1n) is 5.75. The molecular formula is C13H17ClFNO. The van der Waals surface area contributed by atoms with E-state index in [1.165, 1.54) is 12.1 Å². The van der Waals surface area contributed by atoms with Gasteiger partial charge in [-0.3, -0.25) is 4.79 Å². The van der Waals surface area contributed by atoms with E-state index >= 15 is 0 Å². The van der Waals surface area contributed by atoms with E-state index in [0.717, 1.165) is 12.8 Å². The maximum Gasteiger partial charge on any atom is 0.141 e. The van der Waals surface area contributed by atoms with Gasteiger partial charge in [-0.1, -0.05) is 31.0 Å². The first kappa shape index (κ1) is 14.1. The van der Waals surface area contributed by atoms with Crippen LogP contribution in [0.5, 0.6) is 0 Å². The second kappa shape index (κ2) is 6.72. The number of Topliss-reactive ketones (excluding diaryl/α,β-unsaturated/α-hetero) is 1. The lowest BCUT2D eigenvalue weighted by Gasteiger charge is -2.13. The second-order valence-corrected chi connectivity index (χ2v) is 4.47. The largest absolute Gasteiger partial charge is 0.330 e. The molecule has 0 aliphatic heterocycles. The molecule has 4 heteroatoms. The predicted molar refractivity (Wildman–Crippen MR) is 67.6 cm³/mol. The number of rotatable bonds is 6. The standard InChI is InChI=1S/C13H17ClFNO/c1-2-4-9(8-16)13(17)7-10-11(14)5-3-6-12(10)15/h3,5-6,9H,2,4,7-8,16H2,1H3. The fraction of sp³-hybridized carbons (Fsp3) is 0.462. The van der Waals surface area contributed by atoms with Crippen LogP contribution in [0.4, 0.5) is 4.39 Å². The molecular weight excluding hydrogens is 241 g/mol. The molecule has 1 atom stereocenters. The Morgan fingerprint density at radius 3 is 2.76 bits per heavy atom. The third kappa shape index (κ3) is 3.79. The van der Waals surface area contributed by atoms with Crippen molar-refractivity contribution in [1.29, 1.82) is 0 Å². The zero-order valence-corrected chi connectivity index (χ0v) is 10.6. The third-order valence-corrected chi connectivity index (χ3v) is 3.14. The van der Waals surface area contributed by atoms with Crippen molar-refractivity contribution in [2.75, 3.05) is 6.54 Å². The molecule has 2 nitrogen and oxygen atoms in total. The number of carbonyl (C=O) groups is 1. The summed E-state index contributed by atoms with van der Waals surface area (Å²) in [4.78, 5) is 11.9. The van der Waals surface area contributed by atoms with Crippen LogP contribution < -0.4 is 5.73 Å². The SMILES string of the molecule is CCCC(CN)C(=O)Cc1c(F)cccc1Cl. The molecule has 1 aromatic carbocycles. The van der Waals surface area contributed by atoms with Gasteiger partial charge in [-0.15, -0.1) is 0 Å². The monoisotopic (exact) mass is 257 g/mol. The van der Waals surface area contributed by atoms with Crippen LogP contribution in [0, 0.1) is 11.7 Å². The Hall–Kier alpha value is -0.930. The summed E-state index contributed by atoms with van der Waals surface area (Å²) >= 11 is 5.88. The van der Waals surface area contributed by atoms with E-state index in [4.69, 9.17) is 17.3 Å². The van der Waals surface area contributed by atoms with Gasteiger partial charge in [0, 0.05) is 29.5 Å². The molecule has 2 N–H and O–H groups in total. The molecule has 94 valence electrons. The quantitative estimate of drug-likeness (QED) is 0.851. The number of hydrogen-bond donors (Lipinski definition) is 1. The highest BCUT2D eigenvalue weighted by Crippen LogP contribution is 2.21. The van der Waals surface area contributed by atoms with Crippen LogP contribution in [-0.4, -0.2) is 12.3 Å². The Labute approximate surface area is 106 Å². The van der Waals surface area contributed by atoms with Gasteiger partial charge in [0.25, 0.3) is 0 Å². The summed E-state index contributed by atoms with van der Waals surface area (Å²) in [6, 6.07) is 4.42. The number of hydrogen-bond acceptors (Lipinski definition) is 2. The fourth-order valence-electron chi connectivity index (χ4n) is 1.78. The maximum absolute atomic E-state index is 13.5. The first-order chi connectivity index (χ1) is 8.10. The second-order valence-electron chi connectivity index (χ2n) is 4.06. The van der Waals surface area contributed by atoms with Gasteiger partial charge in [-0.25, -0.2) is 4.39 Å². The van der Waals surface area contributed by atoms with Crippen molar-refractivity contribution in [1.82, 2.24) is 0 Å². The number of benzene rings is 1. The summed E-state index contributed by atoms with van der Waals surface area (Å²) in [5.41, 5.74) is 5.81. The van der Waals surface area contributed by atoms with E-state index in [2.05, 4.69) is 0 Å². The lowest BCUT2D eigenvalue weighted by atomic mass is 9.94. The molecule has 0 spiro atoms. The Morgan fingerprint density at radius 2 is 2.24 bits per heavy atom. The summed E-state index contributed by atoms with van der Waals surface area (Å²) in [7, 11) is 0. The van der Waals surface area contributed by atoms with E-state index < -0.39 is 5.82 Å². The third-order valence-electron chi connectivity index (χ3n) is 2.79. The van der Waals surface area contributed by atoms with Crippen LogP contribution in [0.3, 0.4) is 0 Å². The first-order valence-corrected chi connectivity index (χ1v) is 6.13. The minimum absolute atomic E-state index is 0.0212. The zero-order chi connectivity index (χ0) is 12.8. The fourth-order valence-corrected chi connectivity index (χ4v) is 2.01. The van der Waals surface area contributed by atoms with E-state index in [-0.39, 0.29) is 23.7 Å². The van der Waals surface area contributed by atoms with E-state index in [1.54, 1.807) is 6.07 Å². The molecule has 0 amide bonds. The van der Waals surface area contributed by atoms with E-state index in [0.29, 0.717) is 11.6 Å². The van der Waals surface area contributed by atoms with Crippen molar-refractivity contribution in [3.8, 4) is 0 Å². The van der Waals surface area contributed by atoms with Gasteiger partial charge in [0.1, 0.15) is 11.6 Å². The average Bonchev–Trinajstić information content (AvgIpc) is 2.30. The molecule has 0 fully saturated rings. The topological polar surface area (TPSA) is 43.1 Å². The lowest BCUT2D eigenvalue weighted by Crippen LogP contribution is -2.25. The lowest BCUT2D eigenvalue weighted by molar-refractivity contribution is -0.122. The predicted octanol–water partition coefficient (Wildman–Crippen LogP) is 2.97.